The molecule has 0 spiro atoms. The highest BCUT2D eigenvalue weighted by atomic mass is 16.6. The van der Waals surface area contributed by atoms with E-state index in [-0.39, 0.29) is 24.0 Å². The lowest BCUT2D eigenvalue weighted by molar-refractivity contribution is -0.384. The number of carbonyl (C=O) groups excluding carboxylic acids is 2. The Kier molecular flexibility index (Phi) is 9.73. The first-order chi connectivity index (χ1) is 19.8. The molecule has 0 saturated heterocycles. The Morgan fingerprint density at radius 1 is 0.902 bits per heavy atom. The summed E-state index contributed by atoms with van der Waals surface area (Å²) in [5.41, 5.74) is 4.50. The molecule has 9 heteroatoms. The number of nitro benzene ring substituents is 1. The maximum absolute atomic E-state index is 13.8. The Labute approximate surface area is 240 Å². The van der Waals surface area contributed by atoms with Gasteiger partial charge in [0.05, 0.1) is 4.92 Å². The highest BCUT2D eigenvalue weighted by Crippen LogP contribution is 2.20. The first-order valence-corrected chi connectivity index (χ1v) is 13.9. The van der Waals surface area contributed by atoms with Gasteiger partial charge < -0.3 is 19.7 Å². The molecule has 0 aliphatic heterocycles. The van der Waals surface area contributed by atoms with Crippen LogP contribution in [-0.2, 0) is 17.8 Å². The maximum atomic E-state index is 13.8. The zero-order valence-corrected chi connectivity index (χ0v) is 23.9. The molecule has 0 unspecified atom stereocenters. The molecule has 0 atom stereocenters. The van der Waals surface area contributed by atoms with E-state index in [1.807, 2.05) is 79.5 Å². The summed E-state index contributed by atoms with van der Waals surface area (Å²) in [7, 11) is 3.97. The van der Waals surface area contributed by atoms with E-state index in [0.717, 1.165) is 40.6 Å². The summed E-state index contributed by atoms with van der Waals surface area (Å²) in [5.74, 6) is -0.457. The van der Waals surface area contributed by atoms with Crippen molar-refractivity contribution in [2.24, 2.45) is 0 Å². The number of para-hydroxylation sites is 1. The van der Waals surface area contributed by atoms with Gasteiger partial charge in [-0.25, -0.2) is 0 Å². The molecule has 1 aromatic heterocycles. The van der Waals surface area contributed by atoms with Gasteiger partial charge in [0.25, 0.3) is 11.6 Å². The first kappa shape index (κ1) is 29.3. The summed E-state index contributed by atoms with van der Waals surface area (Å²) in [4.78, 5) is 46.5. The van der Waals surface area contributed by atoms with Crippen molar-refractivity contribution < 1.29 is 14.5 Å². The number of hydrogen-bond donors (Lipinski definition) is 1. The number of non-ortho nitro benzene ring substituents is 1. The number of nitro groups is 1. The fourth-order valence-corrected chi connectivity index (χ4v) is 4.78. The minimum absolute atomic E-state index is 0.0700. The predicted molar refractivity (Wildman–Crippen MR) is 162 cm³/mol. The van der Waals surface area contributed by atoms with Crippen LogP contribution < -0.4 is 4.90 Å². The van der Waals surface area contributed by atoms with Crippen molar-refractivity contribution in [2.45, 2.75) is 32.7 Å². The Balaban J connectivity index is 1.55. The summed E-state index contributed by atoms with van der Waals surface area (Å²) in [5, 5.41) is 12.2. The molecule has 0 radical (unpaired) electrons. The Morgan fingerprint density at radius 2 is 1.61 bits per heavy atom. The molecular weight excluding hydrogens is 518 g/mol. The first-order valence-electron chi connectivity index (χ1n) is 13.9. The summed E-state index contributed by atoms with van der Waals surface area (Å²) in [6.07, 6.45) is 4.26. The second kappa shape index (κ2) is 13.6. The molecule has 0 bridgehead atoms. The van der Waals surface area contributed by atoms with Crippen LogP contribution >= 0.6 is 0 Å². The summed E-state index contributed by atoms with van der Waals surface area (Å²) < 4.78 is 0. The third-order valence-electron chi connectivity index (χ3n) is 7.22. The van der Waals surface area contributed by atoms with E-state index in [1.165, 1.54) is 24.3 Å². The standard InChI is InChI=1S/C32H37N5O4/c1-4-5-19-36(32(39)25-12-16-28(17-13-25)37(40)41)23-31(38)35(22-24-10-14-27(15-11-24)34(2)3)20-18-26-21-33-30-9-7-6-8-29(26)30/h6-17,21,33H,4-5,18-20,22-23H2,1-3H3. The number of nitrogens with zero attached hydrogens (tertiary/aromatic N) is 4. The molecule has 2 amide bonds. The molecule has 0 saturated carbocycles. The number of aromatic nitrogens is 1. The lowest BCUT2D eigenvalue weighted by Crippen LogP contribution is -2.43. The van der Waals surface area contributed by atoms with E-state index in [4.69, 9.17) is 0 Å². The van der Waals surface area contributed by atoms with Gasteiger partial charge in [0.1, 0.15) is 6.54 Å². The number of benzene rings is 3. The van der Waals surface area contributed by atoms with Crippen molar-refractivity contribution in [1.82, 2.24) is 14.8 Å². The van der Waals surface area contributed by atoms with Gasteiger partial charge in [0.15, 0.2) is 0 Å². The van der Waals surface area contributed by atoms with Crippen LogP contribution in [0, 0.1) is 10.1 Å². The maximum Gasteiger partial charge on any atom is 0.269 e. The minimum atomic E-state index is -0.497. The number of nitrogens with one attached hydrogen (secondary N) is 1. The van der Waals surface area contributed by atoms with Crippen molar-refractivity contribution in [3.63, 3.8) is 0 Å². The van der Waals surface area contributed by atoms with Crippen LogP contribution in [0.15, 0.2) is 79.0 Å². The van der Waals surface area contributed by atoms with E-state index in [9.17, 15) is 19.7 Å². The number of H-pyrrole nitrogens is 1. The van der Waals surface area contributed by atoms with Gasteiger partial charge >= 0.3 is 0 Å². The van der Waals surface area contributed by atoms with Crippen molar-refractivity contribution in [3.8, 4) is 0 Å². The van der Waals surface area contributed by atoms with Gasteiger partial charge in [-0.15, -0.1) is 0 Å². The van der Waals surface area contributed by atoms with Gasteiger partial charge in [0, 0.05) is 74.2 Å². The van der Waals surface area contributed by atoms with Crippen LogP contribution in [0.3, 0.4) is 0 Å². The van der Waals surface area contributed by atoms with Crippen molar-refractivity contribution in [2.75, 3.05) is 38.6 Å². The van der Waals surface area contributed by atoms with Gasteiger partial charge in [-0.3, -0.25) is 19.7 Å². The number of amides is 2. The lowest BCUT2D eigenvalue weighted by Gasteiger charge is -2.28. The summed E-state index contributed by atoms with van der Waals surface area (Å²) in [6.45, 7) is 3.29. The van der Waals surface area contributed by atoms with Crippen LogP contribution in [0.2, 0.25) is 0 Å². The van der Waals surface area contributed by atoms with Crippen LogP contribution in [0.5, 0.6) is 0 Å². The SMILES string of the molecule is CCCCN(CC(=O)N(CCc1c[nH]c2ccccc12)Cc1ccc(N(C)C)cc1)C(=O)c1ccc([N+](=O)[O-])cc1. The van der Waals surface area contributed by atoms with E-state index in [0.29, 0.717) is 31.6 Å². The summed E-state index contributed by atoms with van der Waals surface area (Å²) >= 11 is 0. The summed E-state index contributed by atoms with van der Waals surface area (Å²) in [6, 6.07) is 21.7. The topological polar surface area (TPSA) is 103 Å². The number of hydrogen-bond acceptors (Lipinski definition) is 5. The molecule has 0 aliphatic carbocycles. The number of anilines is 1. The second-order valence-electron chi connectivity index (χ2n) is 10.4. The fourth-order valence-electron chi connectivity index (χ4n) is 4.78. The van der Waals surface area contributed by atoms with Crippen molar-refractivity contribution in [1.29, 1.82) is 0 Å². The average Bonchev–Trinajstić information content (AvgIpc) is 3.40. The highest BCUT2D eigenvalue weighted by molar-refractivity contribution is 5.96. The molecule has 1 N–H and O–H groups in total. The largest absolute Gasteiger partial charge is 0.378 e. The number of unbranched alkanes of at least 4 members (excludes halogenated alkanes) is 1. The minimum Gasteiger partial charge on any atom is -0.378 e. The Bertz CT molecular complexity index is 1480. The van der Waals surface area contributed by atoms with Crippen molar-refractivity contribution in [3.05, 3.63) is 106 Å². The molecule has 4 aromatic rings. The third kappa shape index (κ3) is 7.51. The van der Waals surface area contributed by atoms with E-state index < -0.39 is 4.92 Å². The second-order valence-corrected chi connectivity index (χ2v) is 10.4. The van der Waals surface area contributed by atoms with Crippen LogP contribution in [0.1, 0.15) is 41.3 Å². The molecule has 9 nitrogen and oxygen atoms in total. The number of rotatable bonds is 13. The Hall–Kier alpha value is -4.66. The van der Waals surface area contributed by atoms with E-state index in [1.54, 1.807) is 4.90 Å². The average molecular weight is 556 g/mol. The molecule has 1 heterocycles. The van der Waals surface area contributed by atoms with Crippen LogP contribution in [-0.4, -0.2) is 65.3 Å². The van der Waals surface area contributed by atoms with E-state index in [2.05, 4.69) is 11.1 Å². The van der Waals surface area contributed by atoms with Gasteiger partial charge in [-0.1, -0.05) is 43.7 Å². The van der Waals surface area contributed by atoms with Gasteiger partial charge in [0.2, 0.25) is 5.91 Å². The number of carbonyl (C=O) groups is 2. The zero-order valence-electron chi connectivity index (χ0n) is 23.9. The lowest BCUT2D eigenvalue weighted by atomic mass is 10.1. The molecule has 214 valence electrons. The van der Waals surface area contributed by atoms with Gasteiger partial charge in [-0.2, -0.15) is 0 Å². The molecular formula is C32H37N5O4. The van der Waals surface area contributed by atoms with E-state index >= 15 is 0 Å². The molecule has 4 rings (SSSR count). The zero-order chi connectivity index (χ0) is 29.4. The highest BCUT2D eigenvalue weighted by Gasteiger charge is 2.23. The molecule has 3 aromatic carbocycles. The molecule has 0 aliphatic rings. The number of fused-ring (bicyclic) bond motifs is 1. The fraction of sp³-hybridized carbons (Fsp3) is 0.312. The van der Waals surface area contributed by atoms with Crippen LogP contribution in [0.25, 0.3) is 10.9 Å². The molecule has 0 fully saturated rings. The quantitative estimate of drug-likeness (QED) is 0.170. The normalized spacial score (nSPS) is 10.9. The third-order valence-corrected chi connectivity index (χ3v) is 7.22. The van der Waals surface area contributed by atoms with Gasteiger partial charge in [-0.05, 0) is 54.3 Å². The van der Waals surface area contributed by atoms with Crippen LogP contribution in [0.4, 0.5) is 11.4 Å². The predicted octanol–water partition coefficient (Wildman–Crippen LogP) is 5.66. The monoisotopic (exact) mass is 555 g/mol. The molecule has 41 heavy (non-hydrogen) atoms. The number of aromatic amines is 1. The van der Waals surface area contributed by atoms with Crippen molar-refractivity contribution >= 4 is 34.1 Å². The smallest absolute Gasteiger partial charge is 0.269 e. The Morgan fingerprint density at radius 3 is 2.27 bits per heavy atom.